The highest BCUT2D eigenvalue weighted by molar-refractivity contribution is 5.79. The van der Waals surface area contributed by atoms with Gasteiger partial charge in [-0.05, 0) is 41.8 Å². The Morgan fingerprint density at radius 3 is 2.28 bits per heavy atom. The molecule has 4 atom stereocenters. The number of nitrogens with one attached hydrogen (secondary N) is 1. The van der Waals surface area contributed by atoms with E-state index < -0.39 is 35.9 Å². The quantitative estimate of drug-likeness (QED) is 0.710. The van der Waals surface area contributed by atoms with E-state index in [2.05, 4.69) is 5.32 Å². The molecule has 0 radical (unpaired) electrons. The largest absolute Gasteiger partial charge is 0.497 e. The summed E-state index contributed by atoms with van der Waals surface area (Å²) >= 11 is 0. The second-order valence-corrected chi connectivity index (χ2v) is 7.14. The molecule has 8 heteroatoms. The number of ether oxygens (including phenoxy) is 1. The maximum absolute atomic E-state index is 12.8. The van der Waals surface area contributed by atoms with Crippen molar-refractivity contribution in [3.63, 3.8) is 0 Å². The Balaban J connectivity index is 1.72. The first-order valence-electron chi connectivity index (χ1n) is 9.14. The highest BCUT2D eigenvalue weighted by atomic mass is 19.4. The zero-order chi connectivity index (χ0) is 21.2. The lowest BCUT2D eigenvalue weighted by Crippen LogP contribution is -2.45. The van der Waals surface area contributed by atoms with Gasteiger partial charge in [0.15, 0.2) is 0 Å². The molecule has 156 valence electrons. The molecule has 5 nitrogen and oxygen atoms in total. The summed E-state index contributed by atoms with van der Waals surface area (Å²) < 4.78 is 43.4. The topological polar surface area (TPSA) is 78.8 Å². The van der Waals surface area contributed by atoms with Crippen LogP contribution in [-0.2, 0) is 17.4 Å². The van der Waals surface area contributed by atoms with Crippen LogP contribution in [0.3, 0.4) is 0 Å². The summed E-state index contributed by atoms with van der Waals surface area (Å²) in [4.78, 5) is 12.5. The van der Waals surface area contributed by atoms with E-state index in [0.29, 0.717) is 11.3 Å². The Bertz CT molecular complexity index is 836. The van der Waals surface area contributed by atoms with E-state index in [0.717, 1.165) is 17.7 Å². The van der Waals surface area contributed by atoms with Crippen molar-refractivity contribution < 1.29 is 32.9 Å². The van der Waals surface area contributed by atoms with Crippen molar-refractivity contribution in [3.05, 3.63) is 65.2 Å². The van der Waals surface area contributed by atoms with Crippen LogP contribution in [0.15, 0.2) is 48.5 Å². The maximum Gasteiger partial charge on any atom is 0.416 e. The minimum atomic E-state index is -4.45. The predicted molar refractivity (Wildman–Crippen MR) is 99.4 cm³/mol. The number of benzene rings is 2. The summed E-state index contributed by atoms with van der Waals surface area (Å²) in [5.74, 6) is -0.196. The van der Waals surface area contributed by atoms with E-state index >= 15 is 0 Å². The summed E-state index contributed by atoms with van der Waals surface area (Å²) in [6.45, 7) is 0. The molecule has 0 aromatic heterocycles. The predicted octanol–water partition coefficient (Wildman–Crippen LogP) is 2.65. The molecular weight excluding hydrogens is 387 g/mol. The van der Waals surface area contributed by atoms with Gasteiger partial charge in [0, 0.05) is 5.92 Å². The van der Waals surface area contributed by atoms with Crippen LogP contribution in [0.5, 0.6) is 5.75 Å². The fourth-order valence-corrected chi connectivity index (χ4v) is 3.64. The van der Waals surface area contributed by atoms with Gasteiger partial charge in [-0.25, -0.2) is 0 Å². The molecule has 0 spiro atoms. The van der Waals surface area contributed by atoms with Gasteiger partial charge in [-0.15, -0.1) is 0 Å². The molecule has 1 aliphatic rings. The van der Waals surface area contributed by atoms with Crippen LogP contribution >= 0.6 is 0 Å². The Morgan fingerprint density at radius 1 is 1.10 bits per heavy atom. The van der Waals surface area contributed by atoms with Crippen LogP contribution in [0.25, 0.3) is 0 Å². The molecule has 1 fully saturated rings. The molecule has 4 unspecified atom stereocenters. The van der Waals surface area contributed by atoms with Gasteiger partial charge in [-0.2, -0.15) is 13.2 Å². The van der Waals surface area contributed by atoms with Gasteiger partial charge < -0.3 is 20.3 Å². The minimum Gasteiger partial charge on any atom is -0.497 e. The first-order chi connectivity index (χ1) is 13.7. The number of aliphatic hydroxyl groups excluding tert-OH is 2. The van der Waals surface area contributed by atoms with Crippen molar-refractivity contribution in [1.29, 1.82) is 0 Å². The van der Waals surface area contributed by atoms with Gasteiger partial charge in [0.1, 0.15) is 11.9 Å². The summed E-state index contributed by atoms with van der Waals surface area (Å²) in [6, 6.07) is 10.7. The fourth-order valence-electron chi connectivity index (χ4n) is 3.64. The monoisotopic (exact) mass is 409 g/mol. The van der Waals surface area contributed by atoms with Crippen molar-refractivity contribution in [1.82, 2.24) is 5.32 Å². The van der Waals surface area contributed by atoms with Crippen molar-refractivity contribution >= 4 is 5.91 Å². The van der Waals surface area contributed by atoms with E-state index in [1.807, 2.05) is 0 Å². The maximum atomic E-state index is 12.8. The number of halogens is 3. The number of carbonyl (C=O) groups excluding carboxylic acids is 1. The molecule has 29 heavy (non-hydrogen) atoms. The van der Waals surface area contributed by atoms with E-state index in [-0.39, 0.29) is 18.7 Å². The summed E-state index contributed by atoms with van der Waals surface area (Å²) in [7, 11) is 1.54. The molecule has 3 N–H and O–H groups in total. The van der Waals surface area contributed by atoms with Crippen LogP contribution in [0, 0.1) is 0 Å². The van der Waals surface area contributed by atoms with Gasteiger partial charge in [0.25, 0.3) is 0 Å². The minimum absolute atomic E-state index is 0.0586. The molecule has 1 saturated carbocycles. The van der Waals surface area contributed by atoms with Crippen molar-refractivity contribution in [2.45, 2.75) is 43.2 Å². The molecule has 1 aliphatic carbocycles. The zero-order valence-electron chi connectivity index (χ0n) is 15.7. The van der Waals surface area contributed by atoms with E-state index in [9.17, 15) is 28.2 Å². The Kier molecular flexibility index (Phi) is 6.14. The molecular formula is C21H22F3NO4. The third-order valence-corrected chi connectivity index (χ3v) is 5.21. The average molecular weight is 409 g/mol. The second kappa shape index (κ2) is 8.42. The number of methoxy groups -OCH3 is 1. The molecule has 3 rings (SSSR count). The smallest absolute Gasteiger partial charge is 0.416 e. The molecule has 2 aromatic rings. The molecule has 0 aliphatic heterocycles. The first-order valence-corrected chi connectivity index (χ1v) is 9.14. The zero-order valence-corrected chi connectivity index (χ0v) is 15.7. The highest BCUT2D eigenvalue weighted by Crippen LogP contribution is 2.37. The molecule has 2 aromatic carbocycles. The number of alkyl halides is 3. The highest BCUT2D eigenvalue weighted by Gasteiger charge is 2.43. The normalized spacial score (nSPS) is 24.3. The molecule has 0 saturated heterocycles. The van der Waals surface area contributed by atoms with E-state index in [4.69, 9.17) is 4.74 Å². The number of hydrogen-bond donors (Lipinski definition) is 3. The third kappa shape index (κ3) is 4.89. The summed E-state index contributed by atoms with van der Waals surface area (Å²) in [5.41, 5.74) is 0.478. The van der Waals surface area contributed by atoms with Gasteiger partial charge in [-0.1, -0.05) is 24.3 Å². The Labute approximate surface area is 166 Å². The van der Waals surface area contributed by atoms with Crippen LogP contribution in [0.1, 0.15) is 29.0 Å². The number of aliphatic hydroxyl groups is 2. The van der Waals surface area contributed by atoms with Crippen molar-refractivity contribution in [2.24, 2.45) is 0 Å². The van der Waals surface area contributed by atoms with Gasteiger partial charge in [-0.3, -0.25) is 4.79 Å². The standard InChI is InChI=1S/C21H22F3NO4/c1-29-15-8-2-12(3-9-15)10-18(27)25-19-16(11-17(26)20(19)28)13-4-6-14(7-5-13)21(22,23)24/h2-9,16-17,19-20,26,28H,10-11H2,1H3,(H,25,27). The van der Waals surface area contributed by atoms with Crippen LogP contribution in [-0.4, -0.2) is 41.5 Å². The Hall–Kier alpha value is -2.58. The lowest BCUT2D eigenvalue weighted by molar-refractivity contribution is -0.137. The fraction of sp³-hybridized carbons (Fsp3) is 0.381. The van der Waals surface area contributed by atoms with E-state index in [1.54, 1.807) is 24.3 Å². The SMILES string of the molecule is COc1ccc(CC(=O)NC2C(c3ccc(C(F)(F)F)cc3)CC(O)C2O)cc1. The molecule has 0 heterocycles. The van der Waals surface area contributed by atoms with E-state index in [1.165, 1.54) is 19.2 Å². The first kappa shape index (κ1) is 21.1. The Morgan fingerprint density at radius 2 is 1.72 bits per heavy atom. The lowest BCUT2D eigenvalue weighted by Gasteiger charge is -2.24. The number of hydrogen-bond acceptors (Lipinski definition) is 4. The number of carbonyl (C=O) groups is 1. The second-order valence-electron chi connectivity index (χ2n) is 7.14. The van der Waals surface area contributed by atoms with Gasteiger partial charge in [0.2, 0.25) is 5.91 Å². The van der Waals surface area contributed by atoms with Crippen LogP contribution < -0.4 is 10.1 Å². The average Bonchev–Trinajstić information content (AvgIpc) is 2.96. The van der Waals surface area contributed by atoms with Gasteiger partial charge in [0.05, 0.1) is 31.2 Å². The summed E-state index contributed by atoms with van der Waals surface area (Å²) in [5, 5.41) is 23.1. The van der Waals surface area contributed by atoms with Crippen molar-refractivity contribution in [3.8, 4) is 5.75 Å². The number of amides is 1. The lowest BCUT2D eigenvalue weighted by atomic mass is 9.92. The summed E-state index contributed by atoms with van der Waals surface area (Å²) in [6.07, 6.45) is -6.53. The van der Waals surface area contributed by atoms with Crippen LogP contribution in [0.2, 0.25) is 0 Å². The van der Waals surface area contributed by atoms with Crippen LogP contribution in [0.4, 0.5) is 13.2 Å². The third-order valence-electron chi connectivity index (χ3n) is 5.21. The van der Waals surface area contributed by atoms with Crippen molar-refractivity contribution in [2.75, 3.05) is 7.11 Å². The number of rotatable bonds is 5. The molecule has 0 bridgehead atoms. The molecule has 1 amide bonds. The van der Waals surface area contributed by atoms with Gasteiger partial charge >= 0.3 is 6.18 Å².